The quantitative estimate of drug-likeness (QED) is 0.772. The first-order valence-electron chi connectivity index (χ1n) is 6.49. The number of furan rings is 1. The summed E-state index contributed by atoms with van der Waals surface area (Å²) < 4.78 is 5.22. The second kappa shape index (κ2) is 5.24. The van der Waals surface area contributed by atoms with Crippen molar-refractivity contribution < 1.29 is 4.42 Å². The number of para-hydroxylation sites is 1. The highest BCUT2D eigenvalue weighted by Crippen LogP contribution is 2.28. The van der Waals surface area contributed by atoms with Crippen molar-refractivity contribution in [3.8, 4) is 0 Å². The molecule has 0 aliphatic carbocycles. The molecule has 1 aromatic carbocycles. The SMILES string of the molecule is CCNC(c1ccoc1)c1ccnc2ccccc12. The number of hydrogen-bond donors (Lipinski definition) is 1. The summed E-state index contributed by atoms with van der Waals surface area (Å²) >= 11 is 0. The molecule has 0 aliphatic heterocycles. The molecule has 1 N–H and O–H groups in total. The summed E-state index contributed by atoms with van der Waals surface area (Å²) in [6.45, 7) is 3.00. The molecule has 1 atom stereocenters. The summed E-state index contributed by atoms with van der Waals surface area (Å²) in [5, 5.41) is 4.68. The normalized spacial score (nSPS) is 12.7. The second-order valence-electron chi connectivity index (χ2n) is 4.46. The fraction of sp³-hybridized carbons (Fsp3) is 0.188. The van der Waals surface area contributed by atoms with E-state index in [1.165, 1.54) is 10.9 Å². The summed E-state index contributed by atoms with van der Waals surface area (Å²) in [4.78, 5) is 4.41. The molecule has 96 valence electrons. The van der Waals surface area contributed by atoms with Crippen LogP contribution in [0.1, 0.15) is 24.1 Å². The Labute approximate surface area is 112 Å². The van der Waals surface area contributed by atoms with Crippen LogP contribution >= 0.6 is 0 Å². The van der Waals surface area contributed by atoms with Gasteiger partial charge in [-0.25, -0.2) is 0 Å². The van der Waals surface area contributed by atoms with Gasteiger partial charge in [0.25, 0.3) is 0 Å². The van der Waals surface area contributed by atoms with Crippen molar-refractivity contribution in [2.75, 3.05) is 6.54 Å². The Morgan fingerprint density at radius 3 is 2.89 bits per heavy atom. The van der Waals surface area contributed by atoms with Crippen LogP contribution in [0.5, 0.6) is 0 Å². The molecule has 0 fully saturated rings. The summed E-state index contributed by atoms with van der Waals surface area (Å²) in [5.74, 6) is 0. The van der Waals surface area contributed by atoms with Gasteiger partial charge in [0.2, 0.25) is 0 Å². The number of rotatable bonds is 4. The molecule has 3 aromatic rings. The molecule has 2 heterocycles. The topological polar surface area (TPSA) is 38.1 Å². The van der Waals surface area contributed by atoms with Crippen molar-refractivity contribution in [2.45, 2.75) is 13.0 Å². The lowest BCUT2D eigenvalue weighted by atomic mass is 9.97. The zero-order chi connectivity index (χ0) is 13.1. The largest absolute Gasteiger partial charge is 0.472 e. The van der Waals surface area contributed by atoms with Crippen molar-refractivity contribution in [3.63, 3.8) is 0 Å². The second-order valence-corrected chi connectivity index (χ2v) is 4.46. The van der Waals surface area contributed by atoms with E-state index < -0.39 is 0 Å². The highest BCUT2D eigenvalue weighted by Gasteiger charge is 2.16. The first kappa shape index (κ1) is 11.9. The van der Waals surface area contributed by atoms with Crippen LogP contribution in [0.15, 0.2) is 59.5 Å². The van der Waals surface area contributed by atoms with E-state index in [2.05, 4.69) is 29.4 Å². The standard InChI is InChI=1S/C16H16N2O/c1-2-17-16(12-8-10-19-11-12)14-7-9-18-15-6-4-3-5-13(14)15/h3-11,16-17H,2H2,1H3. The molecule has 0 radical (unpaired) electrons. The van der Waals surface area contributed by atoms with Gasteiger partial charge in [-0.1, -0.05) is 25.1 Å². The molecule has 0 saturated heterocycles. The molecule has 2 aromatic heterocycles. The average Bonchev–Trinajstić information content (AvgIpc) is 2.98. The molecule has 3 nitrogen and oxygen atoms in total. The number of nitrogens with zero attached hydrogens (tertiary/aromatic N) is 1. The third kappa shape index (κ3) is 2.25. The van der Waals surface area contributed by atoms with Gasteiger partial charge in [0, 0.05) is 17.1 Å². The number of aromatic nitrogens is 1. The number of pyridine rings is 1. The number of hydrogen-bond acceptors (Lipinski definition) is 3. The molecule has 0 bridgehead atoms. The van der Waals surface area contributed by atoms with Crippen LogP contribution in [0.25, 0.3) is 10.9 Å². The minimum atomic E-state index is 0.136. The van der Waals surface area contributed by atoms with Crippen molar-refractivity contribution in [3.05, 3.63) is 66.2 Å². The van der Waals surface area contributed by atoms with E-state index in [0.29, 0.717) is 0 Å². The van der Waals surface area contributed by atoms with Gasteiger partial charge >= 0.3 is 0 Å². The Morgan fingerprint density at radius 1 is 1.21 bits per heavy atom. The van der Waals surface area contributed by atoms with Crippen molar-refractivity contribution in [1.29, 1.82) is 0 Å². The molecular formula is C16H16N2O. The molecule has 0 amide bonds. The summed E-state index contributed by atoms with van der Waals surface area (Å²) in [5.41, 5.74) is 3.39. The Kier molecular flexibility index (Phi) is 3.29. The van der Waals surface area contributed by atoms with Crippen molar-refractivity contribution in [1.82, 2.24) is 10.3 Å². The van der Waals surface area contributed by atoms with E-state index in [1.54, 1.807) is 12.5 Å². The molecule has 0 saturated carbocycles. The fourth-order valence-electron chi connectivity index (χ4n) is 2.42. The van der Waals surface area contributed by atoms with Gasteiger partial charge in [-0.3, -0.25) is 4.98 Å². The van der Waals surface area contributed by atoms with Crippen LogP contribution in [-0.4, -0.2) is 11.5 Å². The minimum absolute atomic E-state index is 0.136. The van der Waals surface area contributed by atoms with E-state index in [0.717, 1.165) is 17.6 Å². The molecule has 3 rings (SSSR count). The predicted molar refractivity (Wildman–Crippen MR) is 76.0 cm³/mol. The van der Waals surface area contributed by atoms with Crippen molar-refractivity contribution >= 4 is 10.9 Å². The van der Waals surface area contributed by atoms with Crippen LogP contribution in [0.4, 0.5) is 0 Å². The molecule has 1 unspecified atom stereocenters. The van der Waals surface area contributed by atoms with Crippen LogP contribution in [0.3, 0.4) is 0 Å². The summed E-state index contributed by atoms with van der Waals surface area (Å²) in [6.07, 6.45) is 5.37. The van der Waals surface area contributed by atoms with Gasteiger partial charge in [0.15, 0.2) is 0 Å². The number of fused-ring (bicyclic) bond motifs is 1. The van der Waals surface area contributed by atoms with Crippen LogP contribution in [0, 0.1) is 0 Å². The smallest absolute Gasteiger partial charge is 0.0953 e. The van der Waals surface area contributed by atoms with E-state index in [1.807, 2.05) is 30.5 Å². The highest BCUT2D eigenvalue weighted by molar-refractivity contribution is 5.82. The number of benzene rings is 1. The van der Waals surface area contributed by atoms with Crippen molar-refractivity contribution in [2.24, 2.45) is 0 Å². The first-order chi connectivity index (χ1) is 9.40. The third-order valence-corrected chi connectivity index (χ3v) is 3.28. The Morgan fingerprint density at radius 2 is 2.11 bits per heavy atom. The Bertz CT molecular complexity index is 656. The molecule has 3 heteroatoms. The van der Waals surface area contributed by atoms with Gasteiger partial charge in [-0.2, -0.15) is 0 Å². The Balaban J connectivity index is 2.15. The van der Waals surface area contributed by atoms with Crippen LogP contribution in [0.2, 0.25) is 0 Å². The minimum Gasteiger partial charge on any atom is -0.472 e. The molecular weight excluding hydrogens is 236 g/mol. The molecule has 0 aliphatic rings. The summed E-state index contributed by atoms with van der Waals surface area (Å²) in [6, 6.07) is 12.4. The lowest BCUT2D eigenvalue weighted by molar-refractivity contribution is 0.553. The van der Waals surface area contributed by atoms with Gasteiger partial charge in [-0.15, -0.1) is 0 Å². The van der Waals surface area contributed by atoms with Gasteiger partial charge in [0.05, 0.1) is 24.1 Å². The van der Waals surface area contributed by atoms with Crippen LogP contribution < -0.4 is 5.32 Å². The average molecular weight is 252 g/mol. The van der Waals surface area contributed by atoms with Crippen LogP contribution in [-0.2, 0) is 0 Å². The molecule has 19 heavy (non-hydrogen) atoms. The van der Waals surface area contributed by atoms with E-state index in [-0.39, 0.29) is 6.04 Å². The monoisotopic (exact) mass is 252 g/mol. The maximum Gasteiger partial charge on any atom is 0.0953 e. The fourth-order valence-corrected chi connectivity index (χ4v) is 2.42. The zero-order valence-electron chi connectivity index (χ0n) is 10.8. The van der Waals surface area contributed by atoms with Gasteiger partial charge in [-0.05, 0) is 30.3 Å². The maximum atomic E-state index is 5.22. The number of nitrogens with one attached hydrogen (secondary N) is 1. The third-order valence-electron chi connectivity index (χ3n) is 3.28. The first-order valence-corrected chi connectivity index (χ1v) is 6.49. The van der Waals surface area contributed by atoms with Gasteiger partial charge < -0.3 is 9.73 Å². The molecule has 0 spiro atoms. The van der Waals surface area contributed by atoms with E-state index in [9.17, 15) is 0 Å². The highest BCUT2D eigenvalue weighted by atomic mass is 16.3. The maximum absolute atomic E-state index is 5.22. The lowest BCUT2D eigenvalue weighted by Gasteiger charge is -2.18. The van der Waals surface area contributed by atoms with E-state index >= 15 is 0 Å². The lowest BCUT2D eigenvalue weighted by Crippen LogP contribution is -2.21. The van der Waals surface area contributed by atoms with E-state index in [4.69, 9.17) is 4.42 Å². The summed E-state index contributed by atoms with van der Waals surface area (Å²) in [7, 11) is 0. The predicted octanol–water partition coefficient (Wildman–Crippen LogP) is 3.53. The Hall–Kier alpha value is -2.13. The van der Waals surface area contributed by atoms with Gasteiger partial charge in [0.1, 0.15) is 0 Å². The zero-order valence-corrected chi connectivity index (χ0v) is 10.8.